The number of carbonyl (C=O) groups excluding carboxylic acids is 1. The molecule has 3 rings (SSSR count). The van der Waals surface area contributed by atoms with Crippen LogP contribution in [0.4, 0.5) is 0 Å². The topological polar surface area (TPSA) is 115 Å². The molecule has 1 saturated heterocycles. The third-order valence-corrected chi connectivity index (χ3v) is 7.91. The van der Waals surface area contributed by atoms with E-state index >= 15 is 0 Å². The van der Waals surface area contributed by atoms with Gasteiger partial charge >= 0.3 is 0 Å². The van der Waals surface area contributed by atoms with Crippen molar-refractivity contribution in [2.45, 2.75) is 54.9 Å². The normalized spacial score (nSPS) is 18.4. The standard InChI is InChI=1S/C19H24N2O6S2/c1-19(2,3)18-12-13(20-27-18)11-17(22)16-9-10-21(16)29(25,26)15-7-5-14(6-8-15)28(4,23)24/h5-8,12,16H,9-11H2,1-4H3/t16-/m0/s1. The Bertz CT molecular complexity index is 1130. The quantitative estimate of drug-likeness (QED) is 0.674. The number of aromatic nitrogens is 1. The average molecular weight is 441 g/mol. The van der Waals surface area contributed by atoms with E-state index < -0.39 is 25.9 Å². The fraction of sp³-hybridized carbons (Fsp3) is 0.474. The van der Waals surface area contributed by atoms with Crippen LogP contribution in [0.1, 0.15) is 38.6 Å². The number of benzene rings is 1. The first-order valence-corrected chi connectivity index (χ1v) is 12.4. The fourth-order valence-electron chi connectivity index (χ4n) is 3.01. The van der Waals surface area contributed by atoms with E-state index in [9.17, 15) is 21.6 Å². The summed E-state index contributed by atoms with van der Waals surface area (Å²) in [5, 5.41) is 3.92. The van der Waals surface area contributed by atoms with Crippen molar-refractivity contribution < 1.29 is 26.2 Å². The first-order valence-electron chi connectivity index (χ1n) is 9.11. The number of hydrogen-bond acceptors (Lipinski definition) is 7. The second-order valence-electron chi connectivity index (χ2n) is 8.24. The van der Waals surface area contributed by atoms with Crippen LogP contribution in [-0.2, 0) is 36.5 Å². The van der Waals surface area contributed by atoms with Crippen LogP contribution in [0.2, 0.25) is 0 Å². The second kappa shape index (κ2) is 7.33. The highest BCUT2D eigenvalue weighted by atomic mass is 32.2. The smallest absolute Gasteiger partial charge is 0.243 e. The summed E-state index contributed by atoms with van der Waals surface area (Å²) in [7, 11) is -7.32. The van der Waals surface area contributed by atoms with Crippen LogP contribution < -0.4 is 0 Å². The van der Waals surface area contributed by atoms with Crippen molar-refractivity contribution in [3.8, 4) is 0 Å². The summed E-state index contributed by atoms with van der Waals surface area (Å²) in [5.74, 6) is 0.408. The van der Waals surface area contributed by atoms with Gasteiger partial charge in [-0.05, 0) is 30.7 Å². The summed E-state index contributed by atoms with van der Waals surface area (Å²) in [6.45, 7) is 6.13. The van der Waals surface area contributed by atoms with E-state index in [-0.39, 0.29) is 34.0 Å². The molecule has 0 aliphatic carbocycles. The molecule has 29 heavy (non-hydrogen) atoms. The molecule has 2 heterocycles. The van der Waals surface area contributed by atoms with E-state index in [0.717, 1.165) is 10.6 Å². The lowest BCUT2D eigenvalue weighted by Crippen LogP contribution is -2.55. The van der Waals surface area contributed by atoms with Gasteiger partial charge in [-0.25, -0.2) is 16.8 Å². The Balaban J connectivity index is 1.75. The van der Waals surface area contributed by atoms with Crippen molar-refractivity contribution in [2.75, 3.05) is 12.8 Å². The molecule has 0 amide bonds. The van der Waals surface area contributed by atoms with Gasteiger partial charge in [-0.1, -0.05) is 25.9 Å². The van der Waals surface area contributed by atoms with Gasteiger partial charge in [-0.15, -0.1) is 0 Å². The van der Waals surface area contributed by atoms with Crippen LogP contribution in [0.5, 0.6) is 0 Å². The van der Waals surface area contributed by atoms with E-state index in [4.69, 9.17) is 4.52 Å². The van der Waals surface area contributed by atoms with Crippen molar-refractivity contribution in [1.29, 1.82) is 0 Å². The van der Waals surface area contributed by atoms with Gasteiger partial charge in [0.05, 0.1) is 27.9 Å². The lowest BCUT2D eigenvalue weighted by molar-refractivity contribution is -0.124. The Labute approximate surface area is 170 Å². The van der Waals surface area contributed by atoms with Crippen LogP contribution in [0.15, 0.2) is 44.6 Å². The zero-order valence-corrected chi connectivity index (χ0v) is 18.4. The number of carbonyl (C=O) groups is 1. The molecule has 1 fully saturated rings. The predicted octanol–water partition coefficient (Wildman–Crippen LogP) is 1.95. The monoisotopic (exact) mass is 440 g/mol. The van der Waals surface area contributed by atoms with Crippen molar-refractivity contribution in [3.05, 3.63) is 41.8 Å². The fourth-order valence-corrected chi connectivity index (χ4v) is 5.30. The number of sulfonamides is 1. The zero-order chi connectivity index (χ0) is 21.6. The third kappa shape index (κ3) is 4.44. The van der Waals surface area contributed by atoms with Gasteiger partial charge in [0.2, 0.25) is 10.0 Å². The maximum Gasteiger partial charge on any atom is 0.243 e. The van der Waals surface area contributed by atoms with Gasteiger partial charge in [-0.2, -0.15) is 4.31 Å². The number of Topliss-reactive ketones (excluding diaryl/α,β-unsaturated/α-hetero) is 1. The van der Waals surface area contributed by atoms with Gasteiger partial charge in [0.1, 0.15) is 5.76 Å². The third-order valence-electron chi connectivity index (χ3n) is 4.85. The number of hydrogen-bond donors (Lipinski definition) is 0. The van der Waals surface area contributed by atoms with Gasteiger partial charge in [0.25, 0.3) is 0 Å². The van der Waals surface area contributed by atoms with E-state index in [2.05, 4.69) is 5.16 Å². The molecule has 1 aromatic heterocycles. The number of sulfone groups is 1. The summed E-state index contributed by atoms with van der Waals surface area (Å²) in [6, 6.07) is 5.96. The molecule has 158 valence electrons. The Hall–Kier alpha value is -2.04. The van der Waals surface area contributed by atoms with Crippen molar-refractivity contribution in [2.24, 2.45) is 0 Å². The van der Waals surface area contributed by atoms with Crippen molar-refractivity contribution in [3.63, 3.8) is 0 Å². The molecule has 1 aromatic carbocycles. The minimum absolute atomic E-state index is 0.0106. The number of nitrogens with zero attached hydrogens (tertiary/aromatic N) is 2. The Morgan fingerprint density at radius 2 is 1.72 bits per heavy atom. The van der Waals surface area contributed by atoms with Gasteiger partial charge in [-0.3, -0.25) is 4.79 Å². The summed E-state index contributed by atoms with van der Waals surface area (Å²) in [6.07, 6.45) is 1.47. The Kier molecular flexibility index (Phi) is 5.48. The predicted molar refractivity (Wildman–Crippen MR) is 106 cm³/mol. The van der Waals surface area contributed by atoms with Crippen LogP contribution in [0.25, 0.3) is 0 Å². The van der Waals surface area contributed by atoms with Crippen LogP contribution in [0, 0.1) is 0 Å². The molecule has 1 atom stereocenters. The highest BCUT2D eigenvalue weighted by molar-refractivity contribution is 7.90. The van der Waals surface area contributed by atoms with Crippen LogP contribution >= 0.6 is 0 Å². The van der Waals surface area contributed by atoms with Crippen LogP contribution in [0.3, 0.4) is 0 Å². The first-order chi connectivity index (χ1) is 13.3. The Morgan fingerprint density at radius 3 is 2.17 bits per heavy atom. The van der Waals surface area contributed by atoms with E-state index in [1.165, 1.54) is 24.3 Å². The molecule has 0 radical (unpaired) electrons. The molecule has 1 aliphatic heterocycles. The SMILES string of the molecule is CC(C)(C)c1cc(CC(=O)[C@@H]2CCN2S(=O)(=O)c2ccc(S(C)(=O)=O)cc2)no1. The zero-order valence-electron chi connectivity index (χ0n) is 16.7. The minimum atomic E-state index is -3.90. The van der Waals surface area contributed by atoms with Crippen molar-refractivity contribution >= 4 is 25.6 Å². The first kappa shape index (κ1) is 21.7. The maximum atomic E-state index is 12.9. The molecule has 0 spiro atoms. The highest BCUT2D eigenvalue weighted by Crippen LogP contribution is 2.29. The molecule has 1 aliphatic rings. The average Bonchev–Trinajstić information content (AvgIpc) is 3.01. The maximum absolute atomic E-state index is 12.9. The Morgan fingerprint density at radius 1 is 1.14 bits per heavy atom. The van der Waals surface area contributed by atoms with Gasteiger partial charge in [0, 0.05) is 24.3 Å². The lowest BCUT2D eigenvalue weighted by atomic mass is 9.92. The highest BCUT2D eigenvalue weighted by Gasteiger charge is 2.42. The van der Waals surface area contributed by atoms with E-state index in [1.54, 1.807) is 6.07 Å². The van der Waals surface area contributed by atoms with Crippen molar-refractivity contribution in [1.82, 2.24) is 9.46 Å². The molecule has 0 N–H and O–H groups in total. The van der Waals surface area contributed by atoms with Gasteiger partial charge in [0.15, 0.2) is 15.6 Å². The summed E-state index contributed by atoms with van der Waals surface area (Å²) >= 11 is 0. The molecule has 0 bridgehead atoms. The number of rotatable bonds is 6. The molecule has 8 nitrogen and oxygen atoms in total. The summed E-state index contributed by atoms with van der Waals surface area (Å²) < 4.78 is 55.3. The molecular formula is C19H24N2O6S2. The van der Waals surface area contributed by atoms with Gasteiger partial charge < -0.3 is 4.52 Å². The van der Waals surface area contributed by atoms with E-state index in [0.29, 0.717) is 17.9 Å². The minimum Gasteiger partial charge on any atom is -0.361 e. The lowest BCUT2D eigenvalue weighted by Gasteiger charge is -2.38. The summed E-state index contributed by atoms with van der Waals surface area (Å²) in [5.41, 5.74) is 0.236. The molecule has 2 aromatic rings. The molecule has 0 saturated carbocycles. The van der Waals surface area contributed by atoms with E-state index in [1.807, 2.05) is 20.8 Å². The largest absolute Gasteiger partial charge is 0.361 e. The summed E-state index contributed by atoms with van der Waals surface area (Å²) in [4.78, 5) is 12.7. The molecular weight excluding hydrogens is 416 g/mol. The molecule has 10 heteroatoms. The number of ketones is 1. The second-order valence-corrected chi connectivity index (χ2v) is 12.1. The van der Waals surface area contributed by atoms with Crippen LogP contribution in [-0.4, -0.2) is 50.9 Å². The molecule has 0 unspecified atom stereocenters.